The summed E-state index contributed by atoms with van der Waals surface area (Å²) < 4.78 is 24.7. The summed E-state index contributed by atoms with van der Waals surface area (Å²) in [5.74, 6) is 4.41. The molecular formula is C32H47BrO4. The Morgan fingerprint density at radius 2 is 1.27 bits per heavy atom. The van der Waals surface area contributed by atoms with Crippen molar-refractivity contribution in [3.05, 3.63) is 45.9 Å². The third kappa shape index (κ3) is 10.3. The number of rotatable bonds is 18. The molecule has 0 aliphatic carbocycles. The van der Waals surface area contributed by atoms with E-state index in [9.17, 15) is 0 Å². The van der Waals surface area contributed by atoms with Gasteiger partial charge in [-0.1, -0.05) is 78.4 Å². The van der Waals surface area contributed by atoms with Crippen LogP contribution >= 0.6 is 15.9 Å². The molecule has 2 rings (SSSR count). The Kier molecular flexibility index (Phi) is 14.6. The van der Waals surface area contributed by atoms with Crippen LogP contribution in [0.4, 0.5) is 0 Å². The average molecular weight is 576 g/mol. The Bertz CT molecular complexity index is 956. The van der Waals surface area contributed by atoms with Gasteiger partial charge in [-0.15, -0.1) is 0 Å². The normalized spacial score (nSPS) is 12.9. The van der Waals surface area contributed by atoms with Gasteiger partial charge >= 0.3 is 0 Å². The first-order chi connectivity index (χ1) is 18.0. The number of hydrogen-bond acceptors (Lipinski definition) is 4. The number of benzene rings is 2. The predicted molar refractivity (Wildman–Crippen MR) is 160 cm³/mol. The molecule has 2 aromatic rings. The van der Waals surface area contributed by atoms with Gasteiger partial charge < -0.3 is 18.9 Å². The molecule has 0 bridgehead atoms. The quantitative estimate of drug-likeness (QED) is 0.166. The highest BCUT2D eigenvalue weighted by atomic mass is 79.9. The second-order valence-electron chi connectivity index (χ2n) is 9.72. The zero-order valence-corrected chi connectivity index (χ0v) is 25.4. The van der Waals surface area contributed by atoms with Crippen molar-refractivity contribution in [2.45, 2.75) is 79.1 Å². The molecule has 0 fully saturated rings. The molecule has 206 valence electrons. The minimum atomic E-state index is 0.564. The van der Waals surface area contributed by atoms with E-state index in [1.54, 1.807) is 14.2 Å². The third-order valence-corrected chi connectivity index (χ3v) is 7.60. The van der Waals surface area contributed by atoms with Gasteiger partial charge in [0.05, 0.1) is 31.9 Å². The van der Waals surface area contributed by atoms with Crippen LogP contribution in [0.5, 0.6) is 23.0 Å². The Labute approximate surface area is 233 Å². The van der Waals surface area contributed by atoms with Gasteiger partial charge in [-0.3, -0.25) is 0 Å². The summed E-state index contributed by atoms with van der Waals surface area (Å²) in [5.41, 5.74) is 1.92. The van der Waals surface area contributed by atoms with Crippen molar-refractivity contribution in [1.82, 2.24) is 0 Å². The van der Waals surface area contributed by atoms with Crippen molar-refractivity contribution in [2.24, 2.45) is 11.8 Å². The van der Waals surface area contributed by atoms with Crippen LogP contribution < -0.4 is 18.9 Å². The lowest BCUT2D eigenvalue weighted by Gasteiger charge is -2.18. The van der Waals surface area contributed by atoms with E-state index in [0.717, 1.165) is 64.7 Å². The molecule has 0 spiro atoms. The molecule has 2 atom stereocenters. The highest BCUT2D eigenvalue weighted by Crippen LogP contribution is 2.35. The first-order valence-electron chi connectivity index (χ1n) is 14.0. The number of ether oxygens (including phenoxy) is 4. The van der Waals surface area contributed by atoms with E-state index in [2.05, 4.69) is 55.8 Å². The largest absolute Gasteiger partial charge is 0.497 e. The minimum absolute atomic E-state index is 0.564. The third-order valence-electron chi connectivity index (χ3n) is 6.98. The zero-order chi connectivity index (χ0) is 27.0. The zero-order valence-electron chi connectivity index (χ0n) is 23.8. The van der Waals surface area contributed by atoms with Crippen LogP contribution in [0.1, 0.15) is 90.2 Å². The lowest BCUT2D eigenvalue weighted by molar-refractivity contribution is 0.232. The molecule has 0 amide bonds. The average Bonchev–Trinajstić information content (AvgIpc) is 2.93. The lowest BCUT2D eigenvalue weighted by Crippen LogP contribution is -2.12. The van der Waals surface area contributed by atoms with E-state index in [1.165, 1.54) is 38.5 Å². The lowest BCUT2D eigenvalue weighted by atomic mass is 10.0. The standard InChI is InChI=1S/C32H47BrO4/c1-7-11-13-24(9-3)22-36-30-18-17-28(34-5)19-26(30)15-16-27-20-32(29(33)21-31(27)35-6)37-23-25(10-4)14-12-8-2/h15-21,24-25H,7-14,22-23H2,1-6H3/b16-15+. The van der Waals surface area contributed by atoms with Crippen molar-refractivity contribution < 1.29 is 18.9 Å². The van der Waals surface area contributed by atoms with Gasteiger partial charge in [-0.25, -0.2) is 0 Å². The minimum Gasteiger partial charge on any atom is -0.497 e. The molecule has 0 aliphatic rings. The van der Waals surface area contributed by atoms with Crippen molar-refractivity contribution in [1.29, 1.82) is 0 Å². The van der Waals surface area contributed by atoms with Crippen LogP contribution in [0.3, 0.4) is 0 Å². The summed E-state index contributed by atoms with van der Waals surface area (Å²) in [4.78, 5) is 0. The summed E-state index contributed by atoms with van der Waals surface area (Å²) in [6.45, 7) is 10.4. The predicted octanol–water partition coefficient (Wildman–Crippen LogP) is 9.83. The van der Waals surface area contributed by atoms with Gasteiger partial charge in [-0.2, -0.15) is 0 Å². The molecule has 2 unspecified atom stereocenters. The molecule has 5 heteroatoms. The summed E-state index contributed by atoms with van der Waals surface area (Å²) in [6.07, 6.45) is 13.7. The number of unbranched alkanes of at least 4 members (excludes halogenated alkanes) is 2. The maximum Gasteiger partial charge on any atom is 0.134 e. The molecule has 0 aromatic heterocycles. The van der Waals surface area contributed by atoms with Gasteiger partial charge in [-0.05, 0) is 70.9 Å². The van der Waals surface area contributed by atoms with Crippen LogP contribution in [-0.4, -0.2) is 27.4 Å². The van der Waals surface area contributed by atoms with Crippen LogP contribution in [0.25, 0.3) is 12.2 Å². The fourth-order valence-corrected chi connectivity index (χ4v) is 4.71. The van der Waals surface area contributed by atoms with Crippen molar-refractivity contribution in [3.63, 3.8) is 0 Å². The van der Waals surface area contributed by atoms with E-state index in [1.807, 2.05) is 30.3 Å². The van der Waals surface area contributed by atoms with E-state index < -0.39 is 0 Å². The Balaban J connectivity index is 2.27. The van der Waals surface area contributed by atoms with Crippen molar-refractivity contribution in [2.75, 3.05) is 27.4 Å². The maximum atomic E-state index is 6.31. The second kappa shape index (κ2) is 17.4. The molecule has 0 heterocycles. The Morgan fingerprint density at radius 1 is 0.703 bits per heavy atom. The van der Waals surface area contributed by atoms with E-state index in [0.29, 0.717) is 11.8 Å². The number of methoxy groups -OCH3 is 2. The summed E-state index contributed by atoms with van der Waals surface area (Å²) >= 11 is 3.67. The first kappa shape index (κ1) is 31.1. The first-order valence-corrected chi connectivity index (χ1v) is 14.8. The molecular weight excluding hydrogens is 528 g/mol. The monoisotopic (exact) mass is 574 g/mol. The van der Waals surface area contributed by atoms with Gasteiger partial charge in [0, 0.05) is 11.1 Å². The SMILES string of the molecule is CCCCC(CC)COc1cc(/C=C/c2cc(OC)ccc2OCC(CC)CCCC)c(OC)cc1Br. The molecule has 0 radical (unpaired) electrons. The van der Waals surface area contributed by atoms with Crippen molar-refractivity contribution in [3.8, 4) is 23.0 Å². The van der Waals surface area contributed by atoms with Gasteiger partial charge in [0.2, 0.25) is 0 Å². The van der Waals surface area contributed by atoms with Gasteiger partial charge in [0.1, 0.15) is 23.0 Å². The Morgan fingerprint density at radius 3 is 1.78 bits per heavy atom. The molecule has 0 N–H and O–H groups in total. The molecule has 4 nitrogen and oxygen atoms in total. The highest BCUT2D eigenvalue weighted by Gasteiger charge is 2.13. The Hall–Kier alpha value is -2.14. The van der Waals surface area contributed by atoms with Crippen LogP contribution in [-0.2, 0) is 0 Å². The summed E-state index contributed by atoms with van der Waals surface area (Å²) in [7, 11) is 3.38. The molecule has 0 aliphatic heterocycles. The molecule has 0 saturated carbocycles. The summed E-state index contributed by atoms with van der Waals surface area (Å²) in [6, 6.07) is 9.99. The number of hydrogen-bond donors (Lipinski definition) is 0. The van der Waals surface area contributed by atoms with Gasteiger partial charge in [0.25, 0.3) is 0 Å². The maximum absolute atomic E-state index is 6.31. The van der Waals surface area contributed by atoms with Crippen molar-refractivity contribution >= 4 is 28.1 Å². The van der Waals surface area contributed by atoms with Crippen LogP contribution in [0.15, 0.2) is 34.8 Å². The van der Waals surface area contributed by atoms with E-state index >= 15 is 0 Å². The fourth-order valence-electron chi connectivity index (χ4n) is 4.27. The molecule has 37 heavy (non-hydrogen) atoms. The molecule has 2 aromatic carbocycles. The van der Waals surface area contributed by atoms with Crippen LogP contribution in [0, 0.1) is 11.8 Å². The smallest absolute Gasteiger partial charge is 0.134 e. The number of halogens is 1. The molecule has 0 saturated heterocycles. The van der Waals surface area contributed by atoms with E-state index in [4.69, 9.17) is 18.9 Å². The highest BCUT2D eigenvalue weighted by molar-refractivity contribution is 9.10. The van der Waals surface area contributed by atoms with Gasteiger partial charge in [0.15, 0.2) is 0 Å². The summed E-state index contributed by atoms with van der Waals surface area (Å²) in [5, 5.41) is 0. The van der Waals surface area contributed by atoms with E-state index in [-0.39, 0.29) is 0 Å². The fraction of sp³-hybridized carbons (Fsp3) is 0.562. The second-order valence-corrected chi connectivity index (χ2v) is 10.6. The van der Waals surface area contributed by atoms with Crippen LogP contribution in [0.2, 0.25) is 0 Å². The topological polar surface area (TPSA) is 36.9 Å².